The lowest BCUT2D eigenvalue weighted by atomic mass is 9.97. The van der Waals surface area contributed by atoms with Gasteiger partial charge in [0.2, 0.25) is 0 Å². The molecule has 5 N–H and O–H groups in total. The number of nitrogens with two attached hydrogens (primary N) is 2. The number of hydrogen-bond donors (Lipinski definition) is 3. The number of piperidine rings is 1. The summed E-state index contributed by atoms with van der Waals surface area (Å²) in [6.45, 7) is 1.58. The minimum absolute atomic E-state index is 0.0770. The fraction of sp³-hybridized carbons (Fsp3) is 0.333. The molecule has 0 spiro atoms. The van der Waals surface area contributed by atoms with E-state index in [1.807, 2.05) is 6.07 Å². The summed E-state index contributed by atoms with van der Waals surface area (Å²) in [5.74, 6) is 10.1. The molecule has 31 heavy (non-hydrogen) atoms. The first kappa shape index (κ1) is 20.7. The number of halogens is 2. The number of aromatic amines is 1. The van der Waals surface area contributed by atoms with E-state index < -0.39 is 6.43 Å². The van der Waals surface area contributed by atoms with Crippen molar-refractivity contribution in [3.8, 4) is 11.5 Å². The number of aromatic nitrogens is 8. The van der Waals surface area contributed by atoms with Gasteiger partial charge in [0, 0.05) is 37.0 Å². The molecule has 0 aromatic carbocycles. The van der Waals surface area contributed by atoms with Crippen molar-refractivity contribution in [2.75, 3.05) is 18.0 Å². The summed E-state index contributed by atoms with van der Waals surface area (Å²) in [6, 6.07) is 4.78. The van der Waals surface area contributed by atoms with Crippen LogP contribution in [0, 0.1) is 0 Å². The number of pyridine rings is 1. The largest absolute Gasteiger partial charge is 0.356 e. The number of anilines is 1. The van der Waals surface area contributed by atoms with E-state index in [1.54, 1.807) is 22.9 Å². The standard InChI is InChI=1S/C18H17F2N9.H4N2/c19-16(20)11-3-4-14-22-8-13(29(14)10-11)18-21-6-5-15(23-18)28-7-1-2-12(9-28)17-24-26-27-25-17;1-2/h3-6,8,10,12,16H,1-2,7,9H2,(H,24,25,26,27);1-2H2. The fourth-order valence-electron chi connectivity index (χ4n) is 3.68. The predicted octanol–water partition coefficient (Wildman–Crippen LogP) is 1.44. The Kier molecular flexibility index (Phi) is 6.04. The molecule has 4 aromatic heterocycles. The first-order valence-corrected chi connectivity index (χ1v) is 9.59. The van der Waals surface area contributed by atoms with Gasteiger partial charge in [0.1, 0.15) is 17.2 Å². The van der Waals surface area contributed by atoms with Crippen LogP contribution in [-0.4, -0.2) is 53.1 Å². The van der Waals surface area contributed by atoms with Crippen molar-refractivity contribution in [2.24, 2.45) is 11.7 Å². The number of nitrogens with zero attached hydrogens (tertiary/aromatic N) is 8. The van der Waals surface area contributed by atoms with E-state index >= 15 is 0 Å². The van der Waals surface area contributed by atoms with Gasteiger partial charge in [-0.3, -0.25) is 16.1 Å². The van der Waals surface area contributed by atoms with E-state index in [-0.39, 0.29) is 11.5 Å². The SMILES string of the molecule is FC(F)c1ccc2ncc(-c3nccc(N4CCCC(c5nn[nH]n5)C4)n3)n2c1.NN. The Bertz CT molecular complexity index is 1130. The number of rotatable bonds is 4. The molecule has 1 atom stereocenters. The monoisotopic (exact) mass is 429 g/mol. The van der Waals surface area contributed by atoms with Gasteiger partial charge >= 0.3 is 0 Å². The topological polar surface area (TPSA) is 153 Å². The van der Waals surface area contributed by atoms with Crippen LogP contribution in [0.3, 0.4) is 0 Å². The molecule has 5 rings (SSSR count). The summed E-state index contributed by atoms with van der Waals surface area (Å²) in [4.78, 5) is 15.5. The highest BCUT2D eigenvalue weighted by molar-refractivity contribution is 5.59. The second-order valence-corrected chi connectivity index (χ2v) is 6.93. The Labute approximate surface area is 175 Å². The molecule has 0 aliphatic carbocycles. The van der Waals surface area contributed by atoms with E-state index in [4.69, 9.17) is 0 Å². The number of tetrazole rings is 1. The van der Waals surface area contributed by atoms with Crippen molar-refractivity contribution in [2.45, 2.75) is 25.2 Å². The summed E-state index contributed by atoms with van der Waals surface area (Å²) in [5, 5.41) is 14.4. The number of imidazole rings is 1. The number of hydrogen-bond acceptors (Lipinski definition) is 9. The van der Waals surface area contributed by atoms with Gasteiger partial charge in [0.15, 0.2) is 11.6 Å². The van der Waals surface area contributed by atoms with Crippen molar-refractivity contribution >= 4 is 11.5 Å². The van der Waals surface area contributed by atoms with Crippen LogP contribution in [0.4, 0.5) is 14.6 Å². The molecule has 162 valence electrons. The van der Waals surface area contributed by atoms with Crippen LogP contribution in [0.1, 0.15) is 36.6 Å². The van der Waals surface area contributed by atoms with Crippen LogP contribution in [0.5, 0.6) is 0 Å². The first-order valence-electron chi connectivity index (χ1n) is 9.59. The summed E-state index contributed by atoms with van der Waals surface area (Å²) in [7, 11) is 0. The zero-order chi connectivity index (χ0) is 21.8. The minimum atomic E-state index is -2.56. The molecule has 1 unspecified atom stereocenters. The van der Waals surface area contributed by atoms with Crippen molar-refractivity contribution < 1.29 is 8.78 Å². The third-order valence-electron chi connectivity index (χ3n) is 5.12. The second-order valence-electron chi connectivity index (χ2n) is 6.93. The molecule has 5 heterocycles. The molecule has 1 aliphatic heterocycles. The molecule has 0 bridgehead atoms. The zero-order valence-electron chi connectivity index (χ0n) is 16.4. The fourth-order valence-corrected chi connectivity index (χ4v) is 3.68. The van der Waals surface area contributed by atoms with Crippen LogP contribution < -0.4 is 16.6 Å². The molecule has 0 saturated carbocycles. The van der Waals surface area contributed by atoms with Gasteiger partial charge in [0.05, 0.1) is 6.20 Å². The van der Waals surface area contributed by atoms with Gasteiger partial charge in [0.25, 0.3) is 6.43 Å². The average molecular weight is 429 g/mol. The Hall–Kier alpha value is -3.58. The number of nitrogens with one attached hydrogen (secondary N) is 1. The first-order chi connectivity index (χ1) is 15.2. The predicted molar refractivity (Wildman–Crippen MR) is 108 cm³/mol. The summed E-state index contributed by atoms with van der Waals surface area (Å²) >= 11 is 0. The van der Waals surface area contributed by atoms with Crippen LogP contribution >= 0.6 is 0 Å². The number of hydrazine groups is 1. The Balaban J connectivity index is 0.00000112. The molecule has 4 aromatic rings. The maximum absolute atomic E-state index is 13.1. The molecule has 1 aliphatic rings. The Morgan fingerprint density at radius 1 is 1.16 bits per heavy atom. The van der Waals surface area contributed by atoms with E-state index in [0.29, 0.717) is 23.0 Å². The van der Waals surface area contributed by atoms with E-state index in [1.165, 1.54) is 12.3 Å². The van der Waals surface area contributed by atoms with E-state index in [9.17, 15) is 8.78 Å². The van der Waals surface area contributed by atoms with Crippen molar-refractivity contribution in [1.29, 1.82) is 0 Å². The summed E-state index contributed by atoms with van der Waals surface area (Å²) in [6.07, 6.45) is 4.06. The lowest BCUT2D eigenvalue weighted by molar-refractivity contribution is 0.151. The third-order valence-corrected chi connectivity index (χ3v) is 5.12. The van der Waals surface area contributed by atoms with Gasteiger partial charge in [-0.25, -0.2) is 23.7 Å². The van der Waals surface area contributed by atoms with Gasteiger partial charge in [-0.2, -0.15) is 5.21 Å². The molecule has 13 heteroatoms. The maximum atomic E-state index is 13.1. The summed E-state index contributed by atoms with van der Waals surface area (Å²) < 4.78 is 27.8. The smallest absolute Gasteiger partial charge is 0.265 e. The lowest BCUT2D eigenvalue weighted by Crippen LogP contribution is -2.35. The average Bonchev–Trinajstić information content (AvgIpc) is 3.50. The molecule has 1 saturated heterocycles. The molecular weight excluding hydrogens is 408 g/mol. The Morgan fingerprint density at radius 2 is 2.03 bits per heavy atom. The highest BCUT2D eigenvalue weighted by Gasteiger charge is 2.25. The highest BCUT2D eigenvalue weighted by Crippen LogP contribution is 2.28. The van der Waals surface area contributed by atoms with Crippen molar-refractivity contribution in [3.05, 3.63) is 48.2 Å². The summed E-state index contributed by atoms with van der Waals surface area (Å²) in [5.41, 5.74) is 1.05. The number of fused-ring (bicyclic) bond motifs is 1. The maximum Gasteiger partial charge on any atom is 0.265 e. The van der Waals surface area contributed by atoms with Crippen LogP contribution in [-0.2, 0) is 0 Å². The van der Waals surface area contributed by atoms with E-state index in [0.717, 1.165) is 31.7 Å². The minimum Gasteiger partial charge on any atom is -0.356 e. The molecule has 11 nitrogen and oxygen atoms in total. The quantitative estimate of drug-likeness (QED) is 0.323. The second kappa shape index (κ2) is 9.06. The molecule has 0 radical (unpaired) electrons. The Morgan fingerprint density at radius 3 is 2.81 bits per heavy atom. The van der Waals surface area contributed by atoms with Gasteiger partial charge < -0.3 is 4.90 Å². The lowest BCUT2D eigenvalue weighted by Gasteiger charge is -2.32. The van der Waals surface area contributed by atoms with Gasteiger partial charge in [-0.1, -0.05) is 5.21 Å². The van der Waals surface area contributed by atoms with Crippen LogP contribution in [0.15, 0.2) is 36.8 Å². The normalized spacial score (nSPS) is 16.4. The van der Waals surface area contributed by atoms with Gasteiger partial charge in [-0.15, -0.1) is 10.2 Å². The van der Waals surface area contributed by atoms with Gasteiger partial charge in [-0.05, 0) is 31.0 Å². The van der Waals surface area contributed by atoms with Crippen LogP contribution in [0.2, 0.25) is 0 Å². The number of alkyl halides is 2. The zero-order valence-corrected chi connectivity index (χ0v) is 16.4. The number of H-pyrrole nitrogens is 1. The van der Waals surface area contributed by atoms with Crippen LogP contribution in [0.25, 0.3) is 17.2 Å². The highest BCUT2D eigenvalue weighted by atomic mass is 19.3. The molecule has 0 amide bonds. The molecular formula is C18H21F2N11. The molecule has 1 fully saturated rings. The van der Waals surface area contributed by atoms with Crippen molar-refractivity contribution in [1.82, 2.24) is 40.0 Å². The van der Waals surface area contributed by atoms with E-state index in [2.05, 4.69) is 52.2 Å². The van der Waals surface area contributed by atoms with Crippen molar-refractivity contribution in [3.63, 3.8) is 0 Å². The third kappa shape index (κ3) is 4.18.